The standard InChI is InChI=1S/C18H17N5O2/c1-11(14-4-2-8-19-14)21-22-17(24)12-6-7-13-15(10-12)20-16-5-3-9-23(16)18(13)25/h2,4,6-8,10,19H,3,5,9H2,1H3,(H,22,24)/b21-11+. The number of hydrazone groups is 1. The fourth-order valence-electron chi connectivity index (χ4n) is 3.04. The van der Waals surface area contributed by atoms with Crippen LogP contribution in [0, 0.1) is 0 Å². The van der Waals surface area contributed by atoms with E-state index < -0.39 is 0 Å². The van der Waals surface area contributed by atoms with Crippen LogP contribution >= 0.6 is 0 Å². The molecule has 0 spiro atoms. The van der Waals surface area contributed by atoms with E-state index in [1.54, 1.807) is 35.9 Å². The summed E-state index contributed by atoms with van der Waals surface area (Å²) in [5.41, 5.74) is 4.98. The van der Waals surface area contributed by atoms with Crippen molar-refractivity contribution in [3.63, 3.8) is 0 Å². The highest BCUT2D eigenvalue weighted by molar-refractivity contribution is 6.01. The Morgan fingerprint density at radius 1 is 1.36 bits per heavy atom. The van der Waals surface area contributed by atoms with Gasteiger partial charge in [0.1, 0.15) is 5.82 Å². The van der Waals surface area contributed by atoms with E-state index >= 15 is 0 Å². The molecule has 0 saturated carbocycles. The van der Waals surface area contributed by atoms with Crippen molar-refractivity contribution >= 4 is 22.5 Å². The molecule has 126 valence electrons. The van der Waals surface area contributed by atoms with Crippen LogP contribution in [0.5, 0.6) is 0 Å². The number of fused-ring (bicyclic) bond motifs is 2. The van der Waals surface area contributed by atoms with Crippen LogP contribution in [0.4, 0.5) is 0 Å². The molecule has 2 N–H and O–H groups in total. The molecule has 0 aliphatic carbocycles. The number of nitrogens with zero attached hydrogens (tertiary/aromatic N) is 3. The van der Waals surface area contributed by atoms with E-state index in [2.05, 4.69) is 20.5 Å². The number of hydrogen-bond donors (Lipinski definition) is 2. The van der Waals surface area contributed by atoms with E-state index in [0.29, 0.717) is 28.7 Å². The van der Waals surface area contributed by atoms with Gasteiger partial charge in [0.25, 0.3) is 11.5 Å². The van der Waals surface area contributed by atoms with Crippen LogP contribution in [-0.4, -0.2) is 26.2 Å². The molecule has 2 aromatic heterocycles. The third-order valence-corrected chi connectivity index (χ3v) is 4.39. The molecule has 0 unspecified atom stereocenters. The van der Waals surface area contributed by atoms with E-state index in [4.69, 9.17) is 0 Å². The fourth-order valence-corrected chi connectivity index (χ4v) is 3.04. The largest absolute Gasteiger partial charge is 0.360 e. The summed E-state index contributed by atoms with van der Waals surface area (Å²) < 4.78 is 1.71. The fraction of sp³-hybridized carbons (Fsp3) is 0.222. The number of aryl methyl sites for hydroxylation is 1. The average Bonchev–Trinajstić information content (AvgIpc) is 3.30. The summed E-state index contributed by atoms with van der Waals surface area (Å²) in [5, 5.41) is 4.63. The highest BCUT2D eigenvalue weighted by Gasteiger charge is 2.17. The second kappa shape index (κ2) is 6.01. The van der Waals surface area contributed by atoms with Gasteiger partial charge in [0.15, 0.2) is 0 Å². The van der Waals surface area contributed by atoms with Crippen LogP contribution in [0.2, 0.25) is 0 Å². The van der Waals surface area contributed by atoms with Crippen LogP contribution in [0.15, 0.2) is 46.4 Å². The Kier molecular flexibility index (Phi) is 3.68. The molecule has 25 heavy (non-hydrogen) atoms. The van der Waals surface area contributed by atoms with Gasteiger partial charge in [0, 0.05) is 24.7 Å². The smallest absolute Gasteiger partial charge is 0.271 e. The second-order valence-corrected chi connectivity index (χ2v) is 6.04. The molecule has 1 aliphatic rings. The van der Waals surface area contributed by atoms with Crippen molar-refractivity contribution < 1.29 is 4.79 Å². The normalized spacial score (nSPS) is 13.9. The zero-order valence-electron chi connectivity index (χ0n) is 13.7. The number of benzene rings is 1. The monoisotopic (exact) mass is 335 g/mol. The highest BCUT2D eigenvalue weighted by Crippen LogP contribution is 2.16. The maximum Gasteiger partial charge on any atom is 0.271 e. The van der Waals surface area contributed by atoms with Gasteiger partial charge in [-0.15, -0.1) is 0 Å². The lowest BCUT2D eigenvalue weighted by molar-refractivity contribution is 0.0955. The van der Waals surface area contributed by atoms with Crippen molar-refractivity contribution in [2.24, 2.45) is 5.10 Å². The van der Waals surface area contributed by atoms with Crippen molar-refractivity contribution in [3.05, 3.63) is 64.0 Å². The third-order valence-electron chi connectivity index (χ3n) is 4.39. The van der Waals surface area contributed by atoms with Gasteiger partial charge in [0.05, 0.1) is 22.3 Å². The Hall–Kier alpha value is -3.22. The molecule has 4 rings (SSSR count). The molecule has 1 aromatic carbocycles. The van der Waals surface area contributed by atoms with Crippen molar-refractivity contribution in [2.45, 2.75) is 26.3 Å². The van der Waals surface area contributed by atoms with Crippen LogP contribution in [0.1, 0.15) is 35.2 Å². The zero-order chi connectivity index (χ0) is 17.4. The lowest BCUT2D eigenvalue weighted by Crippen LogP contribution is -2.22. The van der Waals surface area contributed by atoms with Gasteiger partial charge in [-0.05, 0) is 43.7 Å². The first-order chi connectivity index (χ1) is 12.1. The molecular formula is C18H17N5O2. The number of aromatic amines is 1. The highest BCUT2D eigenvalue weighted by atomic mass is 16.2. The van der Waals surface area contributed by atoms with E-state index in [1.165, 1.54) is 0 Å². The quantitative estimate of drug-likeness (QED) is 0.565. The minimum atomic E-state index is -0.338. The van der Waals surface area contributed by atoms with Crippen LogP contribution in [0.3, 0.4) is 0 Å². The van der Waals surface area contributed by atoms with Crippen LogP contribution < -0.4 is 11.0 Å². The summed E-state index contributed by atoms with van der Waals surface area (Å²) in [5.74, 6) is 0.450. The lowest BCUT2D eigenvalue weighted by Gasteiger charge is -2.06. The summed E-state index contributed by atoms with van der Waals surface area (Å²) in [7, 11) is 0. The summed E-state index contributed by atoms with van der Waals surface area (Å²) in [4.78, 5) is 32.3. The number of nitrogens with one attached hydrogen (secondary N) is 2. The summed E-state index contributed by atoms with van der Waals surface area (Å²) in [6.45, 7) is 2.52. The van der Waals surface area contributed by atoms with Gasteiger partial charge in [-0.25, -0.2) is 10.4 Å². The Labute approximate surface area is 143 Å². The van der Waals surface area contributed by atoms with Crippen LogP contribution in [-0.2, 0) is 13.0 Å². The Morgan fingerprint density at radius 3 is 3.04 bits per heavy atom. The summed E-state index contributed by atoms with van der Waals surface area (Å²) >= 11 is 0. The molecule has 0 saturated heterocycles. The maximum atomic E-state index is 12.4. The minimum Gasteiger partial charge on any atom is -0.360 e. The maximum absolute atomic E-state index is 12.4. The number of carbonyl (C=O) groups excluding carboxylic acids is 1. The molecule has 0 atom stereocenters. The van der Waals surface area contributed by atoms with Crippen molar-refractivity contribution in [2.75, 3.05) is 0 Å². The van der Waals surface area contributed by atoms with Gasteiger partial charge >= 0.3 is 0 Å². The first kappa shape index (κ1) is 15.3. The predicted molar refractivity (Wildman–Crippen MR) is 94.8 cm³/mol. The van der Waals surface area contributed by atoms with Gasteiger partial charge in [-0.2, -0.15) is 5.10 Å². The lowest BCUT2D eigenvalue weighted by atomic mass is 10.1. The number of hydrogen-bond acceptors (Lipinski definition) is 4. The first-order valence-corrected chi connectivity index (χ1v) is 8.15. The molecule has 1 amide bonds. The molecule has 7 nitrogen and oxygen atoms in total. The predicted octanol–water partition coefficient (Wildman–Crippen LogP) is 1.82. The Balaban J connectivity index is 1.63. The molecule has 1 aliphatic heterocycles. The summed E-state index contributed by atoms with van der Waals surface area (Å²) in [6.07, 6.45) is 3.52. The van der Waals surface area contributed by atoms with E-state index in [9.17, 15) is 9.59 Å². The van der Waals surface area contributed by atoms with Gasteiger partial charge in [-0.1, -0.05) is 0 Å². The van der Waals surface area contributed by atoms with E-state index in [-0.39, 0.29) is 11.5 Å². The zero-order valence-corrected chi connectivity index (χ0v) is 13.7. The topological polar surface area (TPSA) is 92.1 Å². The van der Waals surface area contributed by atoms with Gasteiger partial charge in [-0.3, -0.25) is 14.2 Å². The number of aromatic nitrogens is 3. The molecule has 3 aromatic rings. The van der Waals surface area contributed by atoms with Gasteiger partial charge in [0.2, 0.25) is 0 Å². The molecule has 0 radical (unpaired) electrons. The van der Waals surface area contributed by atoms with Gasteiger partial charge < -0.3 is 4.98 Å². The Morgan fingerprint density at radius 2 is 2.24 bits per heavy atom. The molecule has 0 bridgehead atoms. The van der Waals surface area contributed by atoms with E-state index in [0.717, 1.165) is 24.4 Å². The van der Waals surface area contributed by atoms with Crippen molar-refractivity contribution in [1.29, 1.82) is 0 Å². The number of amides is 1. The summed E-state index contributed by atoms with van der Waals surface area (Å²) in [6, 6.07) is 8.67. The first-order valence-electron chi connectivity index (χ1n) is 8.15. The molecule has 3 heterocycles. The SMILES string of the molecule is C/C(=N\NC(=O)c1ccc2c(=O)n3c(nc2c1)CCC3)c1ccc[nH]1. The van der Waals surface area contributed by atoms with Crippen molar-refractivity contribution in [1.82, 2.24) is 20.0 Å². The van der Waals surface area contributed by atoms with Crippen molar-refractivity contribution in [3.8, 4) is 0 Å². The average molecular weight is 335 g/mol. The third kappa shape index (κ3) is 2.73. The Bertz CT molecular complexity index is 1050. The van der Waals surface area contributed by atoms with E-state index in [1.807, 2.05) is 12.1 Å². The van der Waals surface area contributed by atoms with Crippen LogP contribution in [0.25, 0.3) is 10.9 Å². The molecular weight excluding hydrogens is 318 g/mol. The number of carbonyl (C=O) groups is 1. The number of H-pyrrole nitrogens is 1. The molecule has 7 heteroatoms. The number of rotatable bonds is 3. The second-order valence-electron chi connectivity index (χ2n) is 6.04. The minimum absolute atomic E-state index is 0.0370. The molecule has 0 fully saturated rings.